The van der Waals surface area contributed by atoms with Gasteiger partial charge in [0.2, 0.25) is 6.29 Å². The standard InChI is InChI=1S/C17H20O7/c1-4-14(18)24-17(21)13-8-6-5-7-12(13)16(20)23-10-9-22-15(19)11(2)3/h5-8,14,18H,2,4,9-10H2,1,3H3. The van der Waals surface area contributed by atoms with Crippen molar-refractivity contribution in [3.8, 4) is 0 Å². The molecule has 0 saturated carbocycles. The van der Waals surface area contributed by atoms with Crippen LogP contribution in [0, 0.1) is 0 Å². The first-order valence-electron chi connectivity index (χ1n) is 7.34. The summed E-state index contributed by atoms with van der Waals surface area (Å²) in [5.74, 6) is -2.17. The summed E-state index contributed by atoms with van der Waals surface area (Å²) in [5, 5.41) is 9.37. The third kappa shape index (κ3) is 5.85. The minimum absolute atomic E-state index is 0.00275. The molecule has 1 rings (SSSR count). The molecule has 1 N–H and O–H groups in total. The molecule has 0 aliphatic carbocycles. The zero-order valence-electron chi connectivity index (χ0n) is 13.6. The number of carbonyl (C=O) groups excluding carboxylic acids is 3. The SMILES string of the molecule is C=C(C)C(=O)OCCOC(=O)c1ccccc1C(=O)OC(O)CC. The van der Waals surface area contributed by atoms with Gasteiger partial charge in [-0.1, -0.05) is 25.6 Å². The Labute approximate surface area is 139 Å². The molecule has 24 heavy (non-hydrogen) atoms. The summed E-state index contributed by atoms with van der Waals surface area (Å²) in [6, 6.07) is 5.91. The first kappa shape index (κ1) is 19.4. The molecular formula is C17H20O7. The van der Waals surface area contributed by atoms with Crippen LogP contribution < -0.4 is 0 Å². The number of carbonyl (C=O) groups is 3. The lowest BCUT2D eigenvalue weighted by atomic mass is 10.1. The Hall–Kier alpha value is -2.67. The van der Waals surface area contributed by atoms with Crippen molar-refractivity contribution < 1.29 is 33.7 Å². The van der Waals surface area contributed by atoms with E-state index in [0.717, 1.165) is 0 Å². The van der Waals surface area contributed by atoms with Gasteiger partial charge in [-0.25, -0.2) is 14.4 Å². The third-order valence-electron chi connectivity index (χ3n) is 2.86. The Balaban J connectivity index is 2.66. The van der Waals surface area contributed by atoms with Crippen LogP contribution in [0.1, 0.15) is 41.0 Å². The van der Waals surface area contributed by atoms with Crippen LogP contribution in [0.4, 0.5) is 0 Å². The monoisotopic (exact) mass is 336 g/mol. The molecule has 0 aromatic heterocycles. The number of benzene rings is 1. The summed E-state index contributed by atoms with van der Waals surface area (Å²) in [7, 11) is 0. The molecule has 0 aliphatic rings. The Kier molecular flexibility index (Phi) is 7.64. The Morgan fingerprint density at radius 2 is 1.62 bits per heavy atom. The summed E-state index contributed by atoms with van der Waals surface area (Å²) >= 11 is 0. The van der Waals surface area contributed by atoms with Gasteiger partial charge in [-0.05, 0) is 19.1 Å². The van der Waals surface area contributed by atoms with E-state index in [0.29, 0.717) is 0 Å². The summed E-state index contributed by atoms with van der Waals surface area (Å²) in [6.45, 7) is 6.27. The van der Waals surface area contributed by atoms with E-state index in [-0.39, 0.29) is 36.3 Å². The molecule has 0 radical (unpaired) electrons. The van der Waals surface area contributed by atoms with Crippen LogP contribution in [-0.2, 0) is 19.0 Å². The van der Waals surface area contributed by atoms with E-state index < -0.39 is 24.2 Å². The summed E-state index contributed by atoms with van der Waals surface area (Å²) in [5.41, 5.74) is 0.217. The molecule has 1 aromatic carbocycles. The zero-order valence-corrected chi connectivity index (χ0v) is 13.6. The van der Waals surface area contributed by atoms with Crippen LogP contribution in [-0.4, -0.2) is 42.5 Å². The molecule has 0 aliphatic heterocycles. The highest BCUT2D eigenvalue weighted by Gasteiger charge is 2.20. The van der Waals surface area contributed by atoms with Crippen molar-refractivity contribution >= 4 is 17.9 Å². The normalized spacial score (nSPS) is 11.3. The van der Waals surface area contributed by atoms with E-state index in [9.17, 15) is 19.5 Å². The molecule has 0 fully saturated rings. The number of rotatable bonds is 8. The lowest BCUT2D eigenvalue weighted by Gasteiger charge is -2.12. The predicted molar refractivity (Wildman–Crippen MR) is 84.2 cm³/mol. The smallest absolute Gasteiger partial charge is 0.341 e. The second-order valence-corrected chi connectivity index (χ2v) is 4.87. The molecule has 0 heterocycles. The van der Waals surface area contributed by atoms with Crippen LogP contribution in [0.2, 0.25) is 0 Å². The van der Waals surface area contributed by atoms with Gasteiger partial charge in [0, 0.05) is 12.0 Å². The van der Waals surface area contributed by atoms with Crippen molar-refractivity contribution in [2.24, 2.45) is 0 Å². The summed E-state index contributed by atoms with van der Waals surface area (Å²) in [6.07, 6.45) is -1.02. The number of aliphatic hydroxyl groups excluding tert-OH is 1. The van der Waals surface area contributed by atoms with Crippen LogP contribution in [0.3, 0.4) is 0 Å². The molecule has 130 valence electrons. The second-order valence-electron chi connectivity index (χ2n) is 4.87. The topological polar surface area (TPSA) is 99.1 Å². The molecule has 0 spiro atoms. The fourth-order valence-electron chi connectivity index (χ4n) is 1.58. The molecule has 1 unspecified atom stereocenters. The number of esters is 3. The van der Waals surface area contributed by atoms with Gasteiger partial charge in [-0.2, -0.15) is 0 Å². The average Bonchev–Trinajstić information content (AvgIpc) is 2.57. The van der Waals surface area contributed by atoms with Gasteiger partial charge in [-0.15, -0.1) is 0 Å². The molecule has 0 bridgehead atoms. The summed E-state index contributed by atoms with van der Waals surface area (Å²) < 4.78 is 14.5. The minimum atomic E-state index is -1.25. The second kappa shape index (κ2) is 9.46. The quantitative estimate of drug-likeness (QED) is 0.254. The van der Waals surface area contributed by atoms with Crippen molar-refractivity contribution in [2.75, 3.05) is 13.2 Å². The number of aliphatic hydroxyl groups is 1. The maximum atomic E-state index is 12.1. The van der Waals surface area contributed by atoms with Crippen LogP contribution in [0.15, 0.2) is 36.4 Å². The minimum Gasteiger partial charge on any atom is -0.459 e. The van der Waals surface area contributed by atoms with Crippen molar-refractivity contribution in [1.82, 2.24) is 0 Å². The largest absolute Gasteiger partial charge is 0.459 e. The van der Waals surface area contributed by atoms with Gasteiger partial charge in [0.1, 0.15) is 13.2 Å². The molecule has 7 nitrogen and oxygen atoms in total. The predicted octanol–water partition coefficient (Wildman–Crippen LogP) is 1.85. The zero-order chi connectivity index (χ0) is 18.1. The Bertz CT molecular complexity index is 621. The van der Waals surface area contributed by atoms with Gasteiger partial charge in [0.25, 0.3) is 0 Å². The van der Waals surface area contributed by atoms with E-state index >= 15 is 0 Å². The summed E-state index contributed by atoms with van der Waals surface area (Å²) in [4.78, 5) is 35.2. The van der Waals surface area contributed by atoms with Crippen molar-refractivity contribution in [3.63, 3.8) is 0 Å². The van der Waals surface area contributed by atoms with Crippen LogP contribution in [0.25, 0.3) is 0 Å². The van der Waals surface area contributed by atoms with Gasteiger partial charge in [-0.3, -0.25) is 0 Å². The van der Waals surface area contributed by atoms with Gasteiger partial charge in [0.15, 0.2) is 0 Å². The Morgan fingerprint density at radius 3 is 2.17 bits per heavy atom. The van der Waals surface area contributed by atoms with Crippen LogP contribution >= 0.6 is 0 Å². The molecule has 0 amide bonds. The highest BCUT2D eigenvalue weighted by Crippen LogP contribution is 2.13. The third-order valence-corrected chi connectivity index (χ3v) is 2.86. The lowest BCUT2D eigenvalue weighted by molar-refractivity contribution is -0.140. The number of hydrogen-bond acceptors (Lipinski definition) is 7. The molecular weight excluding hydrogens is 316 g/mol. The molecule has 1 aromatic rings. The Morgan fingerprint density at radius 1 is 1.08 bits per heavy atom. The fourth-order valence-corrected chi connectivity index (χ4v) is 1.58. The maximum absolute atomic E-state index is 12.1. The average molecular weight is 336 g/mol. The van der Waals surface area contributed by atoms with E-state index in [2.05, 4.69) is 6.58 Å². The van der Waals surface area contributed by atoms with Crippen molar-refractivity contribution in [2.45, 2.75) is 26.6 Å². The number of hydrogen-bond donors (Lipinski definition) is 1. The highest BCUT2D eigenvalue weighted by molar-refractivity contribution is 6.03. The maximum Gasteiger partial charge on any atom is 0.341 e. The molecule has 1 atom stereocenters. The fraction of sp³-hybridized carbons (Fsp3) is 0.353. The first-order chi connectivity index (χ1) is 11.4. The van der Waals surface area contributed by atoms with E-state index in [4.69, 9.17) is 14.2 Å². The van der Waals surface area contributed by atoms with E-state index in [1.807, 2.05) is 0 Å². The first-order valence-corrected chi connectivity index (χ1v) is 7.34. The lowest BCUT2D eigenvalue weighted by Crippen LogP contribution is -2.20. The van der Waals surface area contributed by atoms with Crippen molar-refractivity contribution in [1.29, 1.82) is 0 Å². The molecule has 7 heteroatoms. The van der Waals surface area contributed by atoms with Gasteiger partial charge >= 0.3 is 17.9 Å². The van der Waals surface area contributed by atoms with Gasteiger partial charge < -0.3 is 19.3 Å². The van der Waals surface area contributed by atoms with Gasteiger partial charge in [0.05, 0.1) is 11.1 Å². The van der Waals surface area contributed by atoms with Crippen LogP contribution in [0.5, 0.6) is 0 Å². The highest BCUT2D eigenvalue weighted by atomic mass is 16.6. The molecule has 0 saturated heterocycles. The van der Waals surface area contributed by atoms with Crippen molar-refractivity contribution in [3.05, 3.63) is 47.5 Å². The number of ether oxygens (including phenoxy) is 3. The van der Waals surface area contributed by atoms with E-state index in [1.54, 1.807) is 19.1 Å². The van der Waals surface area contributed by atoms with E-state index in [1.165, 1.54) is 19.1 Å².